The van der Waals surface area contributed by atoms with Crippen LogP contribution >= 0.6 is 0 Å². The van der Waals surface area contributed by atoms with Crippen LogP contribution in [0.15, 0.2) is 36.8 Å². The van der Waals surface area contributed by atoms with E-state index in [0.717, 1.165) is 23.7 Å². The number of fused-ring (bicyclic) bond motifs is 1. The van der Waals surface area contributed by atoms with Gasteiger partial charge >= 0.3 is 5.97 Å². The van der Waals surface area contributed by atoms with Gasteiger partial charge in [-0.3, -0.25) is 4.98 Å². The molecule has 7 heteroatoms. The number of nitrogens with zero attached hydrogens (tertiary/aromatic N) is 4. The van der Waals surface area contributed by atoms with Gasteiger partial charge in [0.15, 0.2) is 5.65 Å². The van der Waals surface area contributed by atoms with E-state index in [4.69, 9.17) is 9.72 Å². The van der Waals surface area contributed by atoms with Crippen LogP contribution in [-0.4, -0.2) is 40.4 Å². The van der Waals surface area contributed by atoms with Gasteiger partial charge in [-0.25, -0.2) is 14.5 Å². The van der Waals surface area contributed by atoms with Gasteiger partial charge in [-0.05, 0) is 48.8 Å². The van der Waals surface area contributed by atoms with Gasteiger partial charge in [0.2, 0.25) is 0 Å². The van der Waals surface area contributed by atoms with E-state index in [1.54, 1.807) is 36.3 Å². The highest BCUT2D eigenvalue weighted by atomic mass is 28.3. The van der Waals surface area contributed by atoms with E-state index in [1.807, 2.05) is 12.1 Å². The zero-order valence-electron chi connectivity index (χ0n) is 18.1. The standard InChI is InChI=1S/C23H28N4O2Si/c1-5-29-23(28)20-15-19(11-14-30(6-2,7-3)8-4)26-22-21(20)16-25-27(22)17-18-9-12-24-13-10-18/h9-10,12-13,15-16H,5-8,17H2,1-4H3. The molecule has 0 N–H and O–H groups in total. The number of pyridine rings is 2. The number of rotatable bonds is 7. The summed E-state index contributed by atoms with van der Waals surface area (Å²) in [6.45, 7) is 9.31. The SMILES string of the molecule is CCOC(=O)c1cc(C#C[Si](CC)(CC)CC)nc2c1cnn2Cc1ccncc1. The van der Waals surface area contributed by atoms with Crippen molar-refractivity contribution >= 4 is 25.1 Å². The maximum atomic E-state index is 12.6. The highest BCUT2D eigenvalue weighted by Crippen LogP contribution is 2.22. The quantitative estimate of drug-likeness (QED) is 0.321. The van der Waals surface area contributed by atoms with Crippen LogP contribution in [-0.2, 0) is 11.3 Å². The Morgan fingerprint density at radius 1 is 1.13 bits per heavy atom. The number of carbonyl (C=O) groups is 1. The number of esters is 1. The second-order valence-corrected chi connectivity index (χ2v) is 12.2. The smallest absolute Gasteiger partial charge is 0.339 e. The number of hydrogen-bond acceptors (Lipinski definition) is 5. The first-order chi connectivity index (χ1) is 14.6. The van der Waals surface area contributed by atoms with Gasteiger partial charge in [0.1, 0.15) is 13.8 Å². The largest absolute Gasteiger partial charge is 0.462 e. The number of carbonyl (C=O) groups excluding carboxylic acids is 1. The fourth-order valence-corrected chi connectivity index (χ4v) is 5.90. The fraction of sp³-hybridized carbons (Fsp3) is 0.391. The Bertz CT molecular complexity index is 1070. The Kier molecular flexibility index (Phi) is 7.01. The van der Waals surface area contributed by atoms with Crippen LogP contribution in [0.1, 0.15) is 49.3 Å². The summed E-state index contributed by atoms with van der Waals surface area (Å²) in [5.41, 5.74) is 6.31. The first-order valence-electron chi connectivity index (χ1n) is 10.5. The molecule has 0 spiro atoms. The summed E-state index contributed by atoms with van der Waals surface area (Å²) < 4.78 is 7.07. The minimum Gasteiger partial charge on any atom is -0.462 e. The van der Waals surface area contributed by atoms with Crippen LogP contribution in [0.4, 0.5) is 0 Å². The number of aromatic nitrogens is 4. The van der Waals surface area contributed by atoms with E-state index in [9.17, 15) is 4.79 Å². The molecule has 6 nitrogen and oxygen atoms in total. The normalized spacial score (nSPS) is 11.2. The first kappa shape index (κ1) is 21.7. The zero-order chi connectivity index (χ0) is 21.6. The van der Waals surface area contributed by atoms with E-state index in [0.29, 0.717) is 35.4 Å². The molecule has 3 aromatic rings. The lowest BCUT2D eigenvalue weighted by Crippen LogP contribution is -2.29. The summed E-state index contributed by atoms with van der Waals surface area (Å²) in [5, 5.41) is 5.16. The topological polar surface area (TPSA) is 69.9 Å². The Morgan fingerprint density at radius 3 is 2.47 bits per heavy atom. The third kappa shape index (κ3) is 4.60. The molecule has 0 unspecified atom stereocenters. The monoisotopic (exact) mass is 420 g/mol. The van der Waals surface area contributed by atoms with Crippen molar-refractivity contribution in [3.63, 3.8) is 0 Å². The van der Waals surface area contributed by atoms with Gasteiger partial charge in [0, 0.05) is 12.4 Å². The molecule has 0 saturated heterocycles. The van der Waals surface area contributed by atoms with E-state index in [1.165, 1.54) is 0 Å². The van der Waals surface area contributed by atoms with Crippen LogP contribution in [0.2, 0.25) is 18.1 Å². The predicted molar refractivity (Wildman–Crippen MR) is 121 cm³/mol. The average Bonchev–Trinajstić information content (AvgIpc) is 3.18. The van der Waals surface area contributed by atoms with Crippen molar-refractivity contribution < 1.29 is 9.53 Å². The van der Waals surface area contributed by atoms with Crippen LogP contribution in [0.3, 0.4) is 0 Å². The Labute approximate surface area is 178 Å². The molecular formula is C23H28N4O2Si. The van der Waals surface area contributed by atoms with Crippen LogP contribution in [0.25, 0.3) is 11.0 Å². The molecule has 0 fully saturated rings. The van der Waals surface area contributed by atoms with Crippen molar-refractivity contribution in [1.82, 2.24) is 19.7 Å². The van der Waals surface area contributed by atoms with Crippen molar-refractivity contribution in [1.29, 1.82) is 0 Å². The minimum atomic E-state index is -1.63. The van der Waals surface area contributed by atoms with Crippen LogP contribution in [0, 0.1) is 11.5 Å². The highest BCUT2D eigenvalue weighted by molar-refractivity contribution is 6.87. The summed E-state index contributed by atoms with van der Waals surface area (Å²) in [7, 11) is -1.63. The number of hydrogen-bond donors (Lipinski definition) is 0. The third-order valence-corrected chi connectivity index (χ3v) is 10.4. The Balaban J connectivity index is 2.11. The second kappa shape index (κ2) is 9.68. The van der Waals surface area contributed by atoms with E-state index in [2.05, 4.69) is 42.3 Å². The lowest BCUT2D eigenvalue weighted by molar-refractivity contribution is 0.0528. The summed E-state index contributed by atoms with van der Waals surface area (Å²) >= 11 is 0. The number of ether oxygens (including phenoxy) is 1. The lowest BCUT2D eigenvalue weighted by Gasteiger charge is -2.19. The molecule has 3 aromatic heterocycles. The predicted octanol–water partition coefficient (Wildman–Crippen LogP) is 4.45. The average molecular weight is 421 g/mol. The van der Waals surface area contributed by atoms with Crippen LogP contribution in [0.5, 0.6) is 0 Å². The van der Waals surface area contributed by atoms with E-state index in [-0.39, 0.29) is 5.97 Å². The molecule has 0 atom stereocenters. The van der Waals surface area contributed by atoms with Crippen molar-refractivity contribution in [2.75, 3.05) is 6.61 Å². The van der Waals surface area contributed by atoms with Crippen LogP contribution < -0.4 is 0 Å². The second-order valence-electron chi connectivity index (χ2n) is 7.26. The van der Waals surface area contributed by atoms with Gasteiger partial charge in [-0.2, -0.15) is 5.10 Å². The fourth-order valence-electron chi connectivity index (χ4n) is 3.48. The summed E-state index contributed by atoms with van der Waals surface area (Å²) in [6, 6.07) is 8.95. The van der Waals surface area contributed by atoms with E-state index < -0.39 is 8.07 Å². The molecule has 3 heterocycles. The molecule has 30 heavy (non-hydrogen) atoms. The molecule has 0 aliphatic heterocycles. The van der Waals surface area contributed by atoms with Gasteiger partial charge in [0.25, 0.3) is 0 Å². The maximum Gasteiger partial charge on any atom is 0.339 e. The van der Waals surface area contributed by atoms with Crippen molar-refractivity contribution in [2.24, 2.45) is 0 Å². The van der Waals surface area contributed by atoms with Gasteiger partial charge in [-0.1, -0.05) is 26.7 Å². The molecule has 0 aliphatic rings. The van der Waals surface area contributed by atoms with Crippen molar-refractivity contribution in [3.8, 4) is 11.5 Å². The molecule has 0 radical (unpaired) electrons. The van der Waals surface area contributed by atoms with Gasteiger partial charge in [-0.15, -0.1) is 5.54 Å². The molecule has 0 bridgehead atoms. The molecule has 0 saturated carbocycles. The molecule has 0 amide bonds. The molecule has 0 aliphatic carbocycles. The Hall–Kier alpha value is -2.98. The molecule has 3 rings (SSSR count). The zero-order valence-corrected chi connectivity index (χ0v) is 19.1. The first-order valence-corrected chi connectivity index (χ1v) is 13.1. The third-order valence-electron chi connectivity index (χ3n) is 5.67. The Morgan fingerprint density at radius 2 is 1.83 bits per heavy atom. The maximum absolute atomic E-state index is 12.6. The van der Waals surface area contributed by atoms with Gasteiger partial charge < -0.3 is 4.74 Å². The van der Waals surface area contributed by atoms with Crippen molar-refractivity contribution in [2.45, 2.75) is 52.4 Å². The van der Waals surface area contributed by atoms with E-state index >= 15 is 0 Å². The summed E-state index contributed by atoms with van der Waals surface area (Å²) in [4.78, 5) is 21.4. The molecule has 0 aromatic carbocycles. The molecular weight excluding hydrogens is 392 g/mol. The highest BCUT2D eigenvalue weighted by Gasteiger charge is 2.24. The lowest BCUT2D eigenvalue weighted by atomic mass is 10.1. The van der Waals surface area contributed by atoms with Crippen molar-refractivity contribution in [3.05, 3.63) is 53.6 Å². The summed E-state index contributed by atoms with van der Waals surface area (Å²) in [5.74, 6) is 2.92. The minimum absolute atomic E-state index is 0.312. The molecule has 156 valence electrons. The summed E-state index contributed by atoms with van der Waals surface area (Å²) in [6.07, 6.45) is 5.18. The van der Waals surface area contributed by atoms with Gasteiger partial charge in [0.05, 0.1) is 30.3 Å².